The highest BCUT2D eigenvalue weighted by molar-refractivity contribution is 5.67. The molecule has 0 fully saturated rings. The Morgan fingerprint density at radius 2 is 2.00 bits per heavy atom. The third-order valence-corrected chi connectivity index (χ3v) is 3.81. The largest absolute Gasteiger partial charge is 0.497 e. The molecule has 1 aromatic rings. The number of alkyl carbamates (subject to hydrolysis) is 1. The Kier molecular flexibility index (Phi) is 6.88. The number of hydrogen-bond acceptors (Lipinski definition) is 4. The molecule has 23 heavy (non-hydrogen) atoms. The van der Waals surface area contributed by atoms with Gasteiger partial charge >= 0.3 is 6.09 Å². The zero-order valence-corrected chi connectivity index (χ0v) is 14.8. The smallest absolute Gasteiger partial charge is 0.407 e. The second-order valence-corrected chi connectivity index (χ2v) is 6.90. The Bertz CT molecular complexity index is 504. The van der Waals surface area contributed by atoms with Crippen LogP contribution in [0.25, 0.3) is 0 Å². The number of aliphatic hydroxyl groups excluding tert-OH is 1. The first-order valence-corrected chi connectivity index (χ1v) is 7.94. The second-order valence-electron chi connectivity index (χ2n) is 6.90. The fourth-order valence-corrected chi connectivity index (χ4v) is 2.33. The van der Waals surface area contributed by atoms with Gasteiger partial charge in [-0.05, 0) is 51.3 Å². The van der Waals surface area contributed by atoms with Crippen molar-refractivity contribution in [2.24, 2.45) is 5.41 Å². The van der Waals surface area contributed by atoms with Crippen LogP contribution in [0.3, 0.4) is 0 Å². The fraction of sp³-hybridized carbons (Fsp3) is 0.611. The normalized spacial score (nSPS) is 14.0. The summed E-state index contributed by atoms with van der Waals surface area (Å²) in [5.41, 5.74) is 0.0973. The zero-order chi connectivity index (χ0) is 17.5. The summed E-state index contributed by atoms with van der Waals surface area (Å²) in [4.78, 5) is 11.9. The van der Waals surface area contributed by atoms with Gasteiger partial charge in [-0.1, -0.05) is 19.1 Å². The van der Waals surface area contributed by atoms with Crippen LogP contribution in [0.1, 0.15) is 39.7 Å². The summed E-state index contributed by atoms with van der Waals surface area (Å²) in [5, 5.41) is 12.7. The Balaban J connectivity index is 2.76. The number of carbonyl (C=O) groups excluding carboxylic acids is 1. The van der Waals surface area contributed by atoms with Crippen molar-refractivity contribution in [2.75, 3.05) is 20.3 Å². The summed E-state index contributed by atoms with van der Waals surface area (Å²) in [6.07, 6.45) is 0.915. The molecule has 0 bridgehead atoms. The molecule has 0 aliphatic carbocycles. The number of amides is 1. The van der Waals surface area contributed by atoms with Gasteiger partial charge < -0.3 is 19.9 Å². The highest BCUT2D eigenvalue weighted by atomic mass is 16.6. The van der Waals surface area contributed by atoms with Gasteiger partial charge in [-0.25, -0.2) is 4.79 Å². The first kappa shape index (κ1) is 19.3. The predicted octanol–water partition coefficient (Wildman–Crippen LogP) is 3.15. The van der Waals surface area contributed by atoms with Crippen molar-refractivity contribution >= 4 is 6.09 Å². The van der Waals surface area contributed by atoms with Gasteiger partial charge in [0.25, 0.3) is 0 Å². The van der Waals surface area contributed by atoms with Gasteiger partial charge in [0.1, 0.15) is 11.4 Å². The molecule has 1 aromatic carbocycles. The van der Waals surface area contributed by atoms with Crippen molar-refractivity contribution in [3.63, 3.8) is 0 Å². The number of rotatable bonds is 7. The molecular weight excluding hydrogens is 294 g/mol. The minimum atomic E-state index is -0.537. The maximum Gasteiger partial charge on any atom is 0.407 e. The summed E-state index contributed by atoms with van der Waals surface area (Å²) >= 11 is 0. The number of nitrogens with one attached hydrogen (secondary N) is 1. The van der Waals surface area contributed by atoms with E-state index in [2.05, 4.69) is 5.32 Å². The average molecular weight is 323 g/mol. The van der Waals surface area contributed by atoms with Gasteiger partial charge in [0, 0.05) is 12.0 Å². The van der Waals surface area contributed by atoms with Crippen LogP contribution in [-0.2, 0) is 11.2 Å². The first-order valence-electron chi connectivity index (χ1n) is 7.94. The summed E-state index contributed by atoms with van der Waals surface area (Å²) in [7, 11) is 1.63. The van der Waals surface area contributed by atoms with Gasteiger partial charge in [0.15, 0.2) is 0 Å². The van der Waals surface area contributed by atoms with Gasteiger partial charge in [0.05, 0.1) is 13.7 Å². The Morgan fingerprint density at radius 3 is 2.52 bits per heavy atom. The highest BCUT2D eigenvalue weighted by Crippen LogP contribution is 2.27. The minimum Gasteiger partial charge on any atom is -0.497 e. The van der Waals surface area contributed by atoms with Crippen molar-refractivity contribution in [1.29, 1.82) is 0 Å². The van der Waals surface area contributed by atoms with Gasteiger partial charge in [-0.15, -0.1) is 0 Å². The molecule has 0 heterocycles. The lowest BCUT2D eigenvalue weighted by Gasteiger charge is -2.31. The monoisotopic (exact) mass is 323 g/mol. The van der Waals surface area contributed by atoms with Crippen LogP contribution < -0.4 is 10.1 Å². The first-order chi connectivity index (χ1) is 10.7. The summed E-state index contributed by atoms with van der Waals surface area (Å²) in [6.45, 7) is 7.81. The molecule has 130 valence electrons. The van der Waals surface area contributed by atoms with Crippen LogP contribution in [0, 0.1) is 5.41 Å². The summed E-state index contributed by atoms with van der Waals surface area (Å²) in [6, 6.07) is 7.76. The maximum absolute atomic E-state index is 11.9. The number of hydrogen-bond donors (Lipinski definition) is 2. The summed E-state index contributed by atoms with van der Waals surface area (Å²) in [5.74, 6) is 0.783. The van der Waals surface area contributed by atoms with E-state index < -0.39 is 17.1 Å². The molecule has 5 heteroatoms. The lowest BCUT2D eigenvalue weighted by Crippen LogP contribution is -2.43. The molecule has 0 aromatic heterocycles. The lowest BCUT2D eigenvalue weighted by molar-refractivity contribution is 0.0461. The number of aliphatic hydroxyl groups is 1. The molecule has 1 unspecified atom stereocenters. The van der Waals surface area contributed by atoms with Crippen molar-refractivity contribution in [2.45, 2.75) is 46.1 Å². The van der Waals surface area contributed by atoms with Crippen molar-refractivity contribution in [1.82, 2.24) is 5.32 Å². The fourth-order valence-electron chi connectivity index (χ4n) is 2.33. The molecule has 0 aliphatic heterocycles. The number of methoxy groups -OCH3 is 1. The predicted molar refractivity (Wildman–Crippen MR) is 90.7 cm³/mol. The number of ether oxygens (including phenoxy) is 2. The van der Waals surface area contributed by atoms with Crippen LogP contribution in [0.5, 0.6) is 5.75 Å². The lowest BCUT2D eigenvalue weighted by atomic mass is 9.80. The molecule has 1 rings (SSSR count). The van der Waals surface area contributed by atoms with E-state index in [0.717, 1.165) is 17.7 Å². The molecule has 0 spiro atoms. The van der Waals surface area contributed by atoms with Crippen LogP contribution >= 0.6 is 0 Å². The van der Waals surface area contributed by atoms with Crippen molar-refractivity contribution in [3.05, 3.63) is 29.8 Å². The van der Waals surface area contributed by atoms with E-state index >= 15 is 0 Å². The highest BCUT2D eigenvalue weighted by Gasteiger charge is 2.29. The molecule has 0 aliphatic rings. The van der Waals surface area contributed by atoms with Gasteiger partial charge in [-0.3, -0.25) is 0 Å². The molecular formula is C18H29NO4. The average Bonchev–Trinajstić information content (AvgIpc) is 2.50. The second kappa shape index (κ2) is 8.20. The van der Waals surface area contributed by atoms with Crippen LogP contribution in [0.4, 0.5) is 4.79 Å². The third-order valence-electron chi connectivity index (χ3n) is 3.81. The van der Waals surface area contributed by atoms with E-state index in [-0.39, 0.29) is 6.61 Å². The topological polar surface area (TPSA) is 67.8 Å². The molecule has 0 radical (unpaired) electrons. The van der Waals surface area contributed by atoms with Gasteiger partial charge in [-0.2, -0.15) is 0 Å². The Morgan fingerprint density at radius 1 is 1.30 bits per heavy atom. The molecule has 5 nitrogen and oxygen atoms in total. The van der Waals surface area contributed by atoms with E-state index in [0.29, 0.717) is 13.0 Å². The van der Waals surface area contributed by atoms with E-state index in [1.165, 1.54) is 0 Å². The van der Waals surface area contributed by atoms with Crippen LogP contribution in [-0.4, -0.2) is 37.1 Å². The quantitative estimate of drug-likeness (QED) is 0.809. The number of benzene rings is 1. The van der Waals surface area contributed by atoms with E-state index in [9.17, 15) is 9.90 Å². The Labute approximate surface area is 139 Å². The van der Waals surface area contributed by atoms with E-state index in [4.69, 9.17) is 9.47 Å². The van der Waals surface area contributed by atoms with Crippen molar-refractivity contribution < 1.29 is 19.4 Å². The molecule has 0 saturated carbocycles. The maximum atomic E-state index is 11.9. The minimum absolute atomic E-state index is 0.0174. The van der Waals surface area contributed by atoms with Crippen molar-refractivity contribution in [3.8, 4) is 5.75 Å². The number of carbonyl (C=O) groups is 1. The van der Waals surface area contributed by atoms with Gasteiger partial charge in [0.2, 0.25) is 0 Å². The molecule has 1 atom stereocenters. The SMILES string of the molecule is CCC(CO)(CNC(=O)OC(C)(C)C)Cc1cccc(OC)c1. The standard InChI is InChI=1S/C18H29NO4/c1-6-18(13-20,12-19-16(21)23-17(2,3)4)11-14-8-7-9-15(10-14)22-5/h7-10,20H,6,11-13H2,1-5H3,(H,19,21). The van der Waals surface area contributed by atoms with Crippen LogP contribution in [0.15, 0.2) is 24.3 Å². The third kappa shape index (κ3) is 6.48. The zero-order valence-electron chi connectivity index (χ0n) is 14.8. The summed E-state index contributed by atoms with van der Waals surface area (Å²) < 4.78 is 10.5. The van der Waals surface area contributed by atoms with E-state index in [1.807, 2.05) is 52.0 Å². The molecule has 0 saturated heterocycles. The molecule has 1 amide bonds. The Hall–Kier alpha value is -1.75. The molecule has 2 N–H and O–H groups in total. The van der Waals surface area contributed by atoms with E-state index in [1.54, 1.807) is 7.11 Å². The van der Waals surface area contributed by atoms with Crippen LogP contribution in [0.2, 0.25) is 0 Å².